The lowest BCUT2D eigenvalue weighted by molar-refractivity contribution is 0.0951. The van der Waals surface area contributed by atoms with Crippen molar-refractivity contribution in [2.45, 2.75) is 19.3 Å². The molecule has 110 valence electrons. The summed E-state index contributed by atoms with van der Waals surface area (Å²) >= 11 is 3.26. The standard InChI is InChI=1S/C17H17BrFNO/c1-12(13-5-3-2-4-6-13)9-10-20-17(21)15-11-14(19)7-8-16(15)18/h2-8,11-12H,9-10H2,1H3,(H,20,21). The summed E-state index contributed by atoms with van der Waals surface area (Å²) in [7, 11) is 0. The number of nitrogens with one attached hydrogen (secondary N) is 1. The zero-order chi connectivity index (χ0) is 15.2. The van der Waals surface area contributed by atoms with Gasteiger partial charge in [-0.1, -0.05) is 37.3 Å². The lowest BCUT2D eigenvalue weighted by Gasteiger charge is -2.13. The summed E-state index contributed by atoms with van der Waals surface area (Å²) in [6.07, 6.45) is 0.836. The lowest BCUT2D eigenvalue weighted by Crippen LogP contribution is -2.25. The summed E-state index contributed by atoms with van der Waals surface area (Å²) in [6.45, 7) is 2.68. The topological polar surface area (TPSA) is 29.1 Å². The number of hydrogen-bond donors (Lipinski definition) is 1. The number of halogens is 2. The molecule has 0 saturated carbocycles. The van der Waals surface area contributed by atoms with Crippen molar-refractivity contribution in [1.29, 1.82) is 0 Å². The molecule has 0 aromatic heterocycles. The zero-order valence-electron chi connectivity index (χ0n) is 11.8. The Labute approximate surface area is 132 Å². The van der Waals surface area contributed by atoms with Crippen molar-refractivity contribution in [3.8, 4) is 0 Å². The van der Waals surface area contributed by atoms with Gasteiger partial charge in [-0.25, -0.2) is 4.39 Å². The van der Waals surface area contributed by atoms with Crippen LogP contribution >= 0.6 is 15.9 Å². The molecule has 1 N–H and O–H groups in total. The van der Waals surface area contributed by atoms with E-state index in [-0.39, 0.29) is 5.91 Å². The Balaban J connectivity index is 1.88. The highest BCUT2D eigenvalue weighted by molar-refractivity contribution is 9.10. The van der Waals surface area contributed by atoms with Gasteiger partial charge in [-0.2, -0.15) is 0 Å². The van der Waals surface area contributed by atoms with Crippen LogP contribution < -0.4 is 5.32 Å². The molecule has 0 aliphatic carbocycles. The predicted octanol–water partition coefficient (Wildman–Crippen LogP) is 4.51. The molecule has 2 aromatic rings. The highest BCUT2D eigenvalue weighted by Gasteiger charge is 2.11. The van der Waals surface area contributed by atoms with Gasteiger partial charge in [0.2, 0.25) is 0 Å². The van der Waals surface area contributed by atoms with Crippen LogP contribution in [0.3, 0.4) is 0 Å². The summed E-state index contributed by atoms with van der Waals surface area (Å²) in [6, 6.07) is 14.3. The van der Waals surface area contributed by atoms with Crippen molar-refractivity contribution in [2.75, 3.05) is 6.54 Å². The Bertz CT molecular complexity index is 615. The van der Waals surface area contributed by atoms with Crippen molar-refractivity contribution < 1.29 is 9.18 Å². The van der Waals surface area contributed by atoms with E-state index in [4.69, 9.17) is 0 Å². The van der Waals surface area contributed by atoms with Gasteiger partial charge in [-0.15, -0.1) is 0 Å². The van der Waals surface area contributed by atoms with Crippen LogP contribution in [-0.2, 0) is 0 Å². The van der Waals surface area contributed by atoms with Crippen LogP contribution in [0.5, 0.6) is 0 Å². The van der Waals surface area contributed by atoms with Crippen LogP contribution in [0.25, 0.3) is 0 Å². The largest absolute Gasteiger partial charge is 0.352 e. The van der Waals surface area contributed by atoms with Gasteiger partial charge < -0.3 is 5.32 Å². The average molecular weight is 350 g/mol. The van der Waals surface area contributed by atoms with Crippen LogP contribution in [0.1, 0.15) is 35.2 Å². The second kappa shape index (κ2) is 7.36. The molecule has 0 bridgehead atoms. The van der Waals surface area contributed by atoms with E-state index in [2.05, 4.69) is 40.3 Å². The van der Waals surface area contributed by atoms with Gasteiger partial charge in [-0.3, -0.25) is 4.79 Å². The number of carbonyl (C=O) groups is 1. The minimum atomic E-state index is -0.416. The highest BCUT2D eigenvalue weighted by atomic mass is 79.9. The fraction of sp³-hybridized carbons (Fsp3) is 0.235. The van der Waals surface area contributed by atoms with Gasteiger partial charge in [0.1, 0.15) is 5.82 Å². The van der Waals surface area contributed by atoms with Gasteiger partial charge >= 0.3 is 0 Å². The fourth-order valence-corrected chi connectivity index (χ4v) is 2.54. The van der Waals surface area contributed by atoms with Crippen LogP contribution in [-0.4, -0.2) is 12.5 Å². The highest BCUT2D eigenvalue weighted by Crippen LogP contribution is 2.19. The average Bonchev–Trinajstić information content (AvgIpc) is 2.50. The van der Waals surface area contributed by atoms with E-state index in [0.717, 1.165) is 6.42 Å². The smallest absolute Gasteiger partial charge is 0.252 e. The van der Waals surface area contributed by atoms with Gasteiger partial charge in [0, 0.05) is 11.0 Å². The minimum absolute atomic E-state index is 0.262. The number of amides is 1. The van der Waals surface area contributed by atoms with Crippen LogP contribution in [0.15, 0.2) is 53.0 Å². The van der Waals surface area contributed by atoms with Crippen LogP contribution in [0.4, 0.5) is 4.39 Å². The Morgan fingerprint density at radius 1 is 1.24 bits per heavy atom. The number of hydrogen-bond acceptors (Lipinski definition) is 1. The predicted molar refractivity (Wildman–Crippen MR) is 85.9 cm³/mol. The maximum Gasteiger partial charge on any atom is 0.252 e. The summed E-state index contributed by atoms with van der Waals surface area (Å²) in [5, 5.41) is 2.83. The lowest BCUT2D eigenvalue weighted by atomic mass is 9.98. The molecule has 0 fully saturated rings. The van der Waals surface area contributed by atoms with Crippen molar-refractivity contribution in [3.63, 3.8) is 0 Å². The van der Waals surface area contributed by atoms with E-state index < -0.39 is 5.82 Å². The maximum absolute atomic E-state index is 13.2. The molecule has 0 radical (unpaired) electrons. The molecule has 1 unspecified atom stereocenters. The van der Waals surface area contributed by atoms with Gasteiger partial charge in [0.25, 0.3) is 5.91 Å². The minimum Gasteiger partial charge on any atom is -0.352 e. The summed E-state index contributed by atoms with van der Waals surface area (Å²) in [5.74, 6) is -0.315. The van der Waals surface area contributed by atoms with E-state index in [9.17, 15) is 9.18 Å². The second-order valence-electron chi connectivity index (χ2n) is 4.98. The van der Waals surface area contributed by atoms with Crippen LogP contribution in [0, 0.1) is 5.82 Å². The first-order valence-corrected chi connectivity index (χ1v) is 7.65. The molecule has 4 heteroatoms. The second-order valence-corrected chi connectivity index (χ2v) is 5.83. The molecular weight excluding hydrogens is 333 g/mol. The quantitative estimate of drug-likeness (QED) is 0.845. The van der Waals surface area contributed by atoms with Crippen molar-refractivity contribution in [2.24, 2.45) is 0 Å². The Morgan fingerprint density at radius 3 is 2.67 bits per heavy atom. The molecule has 0 aliphatic heterocycles. The maximum atomic E-state index is 13.2. The summed E-state index contributed by atoms with van der Waals surface area (Å²) in [4.78, 5) is 12.0. The molecule has 2 nitrogen and oxygen atoms in total. The molecule has 0 aliphatic rings. The molecule has 0 spiro atoms. The number of carbonyl (C=O) groups excluding carboxylic acids is 1. The third-order valence-electron chi connectivity index (χ3n) is 3.40. The normalized spacial score (nSPS) is 12.0. The zero-order valence-corrected chi connectivity index (χ0v) is 13.4. The molecule has 0 saturated heterocycles. The van der Waals surface area contributed by atoms with Crippen LogP contribution in [0.2, 0.25) is 0 Å². The molecule has 1 amide bonds. The van der Waals surface area contributed by atoms with Crippen molar-refractivity contribution >= 4 is 21.8 Å². The van der Waals surface area contributed by atoms with Gasteiger partial charge in [0.05, 0.1) is 5.56 Å². The fourth-order valence-electron chi connectivity index (χ4n) is 2.12. The first kappa shape index (κ1) is 15.7. The Morgan fingerprint density at radius 2 is 1.95 bits per heavy atom. The first-order chi connectivity index (χ1) is 10.1. The molecule has 2 rings (SSSR count). The summed E-state index contributed by atoms with van der Waals surface area (Å²) in [5.41, 5.74) is 1.57. The van der Waals surface area contributed by atoms with E-state index >= 15 is 0 Å². The molecule has 21 heavy (non-hydrogen) atoms. The van der Waals surface area contributed by atoms with Crippen molar-refractivity contribution in [3.05, 3.63) is 69.9 Å². The van der Waals surface area contributed by atoms with Gasteiger partial charge in [-0.05, 0) is 52.0 Å². The van der Waals surface area contributed by atoms with E-state index in [1.54, 1.807) is 0 Å². The van der Waals surface area contributed by atoms with Crippen molar-refractivity contribution in [1.82, 2.24) is 5.32 Å². The van der Waals surface area contributed by atoms with E-state index in [0.29, 0.717) is 22.5 Å². The van der Waals surface area contributed by atoms with E-state index in [1.807, 2.05) is 18.2 Å². The Hall–Kier alpha value is -1.68. The molecule has 0 heterocycles. The SMILES string of the molecule is CC(CCNC(=O)c1cc(F)ccc1Br)c1ccccc1. The van der Waals surface area contributed by atoms with Gasteiger partial charge in [0.15, 0.2) is 0 Å². The number of benzene rings is 2. The first-order valence-electron chi connectivity index (χ1n) is 6.86. The summed E-state index contributed by atoms with van der Waals surface area (Å²) < 4.78 is 13.8. The molecule has 1 atom stereocenters. The number of rotatable bonds is 5. The molecule has 2 aromatic carbocycles. The van der Waals surface area contributed by atoms with E-state index in [1.165, 1.54) is 23.8 Å². The monoisotopic (exact) mass is 349 g/mol. The third kappa shape index (κ3) is 4.39. The molecular formula is C17H17BrFNO. The Kier molecular flexibility index (Phi) is 5.51. The third-order valence-corrected chi connectivity index (χ3v) is 4.10.